The topological polar surface area (TPSA) is 70.7 Å². The van der Waals surface area contributed by atoms with Crippen molar-refractivity contribution in [1.29, 1.82) is 0 Å². The third kappa shape index (κ3) is 4.83. The Balaban J connectivity index is 1.93. The van der Waals surface area contributed by atoms with Gasteiger partial charge in [0.1, 0.15) is 11.6 Å². The first-order valence-corrected chi connectivity index (χ1v) is 11.1. The van der Waals surface area contributed by atoms with Crippen LogP contribution in [0.25, 0.3) is 5.70 Å². The van der Waals surface area contributed by atoms with Gasteiger partial charge in [0, 0.05) is 24.9 Å². The molecule has 1 aliphatic heterocycles. The predicted octanol–water partition coefficient (Wildman–Crippen LogP) is 2.96. The van der Waals surface area contributed by atoms with E-state index in [9.17, 15) is 12.8 Å². The first-order valence-electron chi connectivity index (χ1n) is 9.70. The molecule has 0 atom stereocenters. The summed E-state index contributed by atoms with van der Waals surface area (Å²) < 4.78 is 48.3. The van der Waals surface area contributed by atoms with Crippen LogP contribution in [0.5, 0.6) is 5.75 Å². The molecule has 0 saturated carbocycles. The second kappa shape index (κ2) is 9.77. The van der Waals surface area contributed by atoms with Crippen LogP contribution in [0.1, 0.15) is 12.0 Å². The van der Waals surface area contributed by atoms with E-state index in [-0.39, 0.29) is 17.0 Å². The fourth-order valence-electron chi connectivity index (χ4n) is 3.20. The van der Waals surface area contributed by atoms with Crippen molar-refractivity contribution in [3.05, 3.63) is 77.8 Å². The molecule has 0 fully saturated rings. The maximum absolute atomic E-state index is 14.5. The Labute approximate surface area is 177 Å². The number of hydrogen-bond acceptors (Lipinski definition) is 5. The lowest BCUT2D eigenvalue weighted by molar-refractivity contribution is 0.309. The van der Waals surface area contributed by atoms with Crippen molar-refractivity contribution in [3.8, 4) is 5.75 Å². The number of nitrogens with zero attached hydrogens (tertiary/aromatic N) is 1. The van der Waals surface area contributed by atoms with Gasteiger partial charge in [-0.2, -0.15) is 0 Å². The molecule has 0 unspecified atom stereocenters. The molecule has 160 valence electrons. The molecule has 0 aliphatic carbocycles. The average molecular weight is 432 g/mol. The molecule has 2 aromatic rings. The summed E-state index contributed by atoms with van der Waals surface area (Å²) in [6.07, 6.45) is 4.19. The number of hydrogen-bond donors (Lipinski definition) is 2. The van der Waals surface area contributed by atoms with Gasteiger partial charge in [0.05, 0.1) is 23.7 Å². The van der Waals surface area contributed by atoms with Crippen molar-refractivity contribution >= 4 is 15.7 Å². The molecule has 3 rings (SSSR count). The molecule has 0 spiro atoms. The highest BCUT2D eigenvalue weighted by Crippen LogP contribution is 2.35. The summed E-state index contributed by atoms with van der Waals surface area (Å²) >= 11 is 0. The molecule has 2 N–H and O–H groups in total. The smallest absolute Gasteiger partial charge is 0.264 e. The second-order valence-electron chi connectivity index (χ2n) is 6.81. The molecule has 30 heavy (non-hydrogen) atoms. The zero-order chi connectivity index (χ0) is 21.6. The van der Waals surface area contributed by atoms with Crippen molar-refractivity contribution in [2.45, 2.75) is 11.3 Å². The van der Waals surface area contributed by atoms with E-state index in [4.69, 9.17) is 4.74 Å². The highest BCUT2D eigenvalue weighted by atomic mass is 32.2. The van der Waals surface area contributed by atoms with Gasteiger partial charge in [-0.25, -0.2) is 12.8 Å². The highest BCUT2D eigenvalue weighted by molar-refractivity contribution is 7.89. The Hall–Kier alpha value is -2.84. The summed E-state index contributed by atoms with van der Waals surface area (Å²) in [6.45, 7) is 1.40. The number of ether oxygens (including phenoxy) is 1. The average Bonchev–Trinajstić information content (AvgIpc) is 3.17. The number of nitrogens with one attached hydrogen (secondary N) is 2. The molecule has 1 heterocycles. The summed E-state index contributed by atoms with van der Waals surface area (Å²) in [7, 11) is -0.331. The largest absolute Gasteiger partial charge is 0.494 e. The summed E-state index contributed by atoms with van der Waals surface area (Å²) in [5.74, 6) is 0.00469. The van der Waals surface area contributed by atoms with E-state index >= 15 is 0 Å². The molecule has 1 aliphatic rings. The molecule has 6 nitrogen and oxygen atoms in total. The fourth-order valence-corrected chi connectivity index (χ4v) is 4.70. The number of benzene rings is 2. The van der Waals surface area contributed by atoms with Crippen molar-refractivity contribution < 1.29 is 17.5 Å². The molecule has 0 aromatic heterocycles. The quantitative estimate of drug-likeness (QED) is 0.598. The zero-order valence-corrected chi connectivity index (χ0v) is 17.9. The molecule has 2 aromatic carbocycles. The van der Waals surface area contributed by atoms with E-state index in [0.717, 1.165) is 18.5 Å². The Kier molecular flexibility index (Phi) is 7.12. The first-order chi connectivity index (χ1) is 14.5. The molecule has 8 heteroatoms. The van der Waals surface area contributed by atoms with E-state index in [1.165, 1.54) is 22.5 Å². The first kappa shape index (κ1) is 21.9. The van der Waals surface area contributed by atoms with Crippen molar-refractivity contribution in [1.82, 2.24) is 14.9 Å². The maximum atomic E-state index is 14.5. The lowest BCUT2D eigenvalue weighted by Gasteiger charge is -2.23. The third-order valence-corrected chi connectivity index (χ3v) is 6.39. The monoisotopic (exact) mass is 431 g/mol. The lowest BCUT2D eigenvalue weighted by atomic mass is 10.1. The van der Waals surface area contributed by atoms with E-state index in [1.807, 2.05) is 7.05 Å². The van der Waals surface area contributed by atoms with Gasteiger partial charge in [0.2, 0.25) is 0 Å². The molecule has 0 amide bonds. The van der Waals surface area contributed by atoms with Crippen molar-refractivity contribution in [3.63, 3.8) is 0 Å². The van der Waals surface area contributed by atoms with Gasteiger partial charge in [0.15, 0.2) is 0 Å². The fraction of sp³-hybridized carbons (Fsp3) is 0.273. The SMILES string of the molecule is CNC=C1C=C(c2ccccc2F)N(S(=O)(=O)c2cccc(OCCCNC)c2)C1. The predicted molar refractivity (Wildman–Crippen MR) is 116 cm³/mol. The third-order valence-electron chi connectivity index (χ3n) is 4.63. The Morgan fingerprint density at radius 2 is 1.97 bits per heavy atom. The number of rotatable bonds is 9. The van der Waals surface area contributed by atoms with Crippen molar-refractivity contribution in [2.75, 3.05) is 33.8 Å². The Morgan fingerprint density at radius 3 is 2.70 bits per heavy atom. The van der Waals surface area contributed by atoms with Crippen LogP contribution in [0.4, 0.5) is 4.39 Å². The molecule has 0 radical (unpaired) electrons. The number of halogens is 1. The zero-order valence-electron chi connectivity index (χ0n) is 17.1. The van der Waals surface area contributed by atoms with Crippen LogP contribution in [0.15, 0.2) is 71.3 Å². The Morgan fingerprint density at radius 1 is 1.17 bits per heavy atom. The minimum atomic E-state index is -3.92. The van der Waals surface area contributed by atoms with Gasteiger partial charge in [-0.3, -0.25) is 4.31 Å². The van der Waals surface area contributed by atoms with E-state index in [2.05, 4.69) is 10.6 Å². The van der Waals surface area contributed by atoms with Crippen LogP contribution in [0.2, 0.25) is 0 Å². The minimum absolute atomic E-state index is 0.0987. The Bertz CT molecular complexity index is 1050. The molecular weight excluding hydrogens is 405 g/mol. The van der Waals surface area contributed by atoms with Crippen LogP contribution in [0, 0.1) is 5.82 Å². The molecule has 0 saturated heterocycles. The van der Waals surface area contributed by atoms with Crippen LogP contribution < -0.4 is 15.4 Å². The summed E-state index contributed by atoms with van der Waals surface area (Å²) in [5, 5.41) is 5.94. The van der Waals surface area contributed by atoms with Crippen LogP contribution in [-0.2, 0) is 10.0 Å². The summed E-state index contributed by atoms with van der Waals surface area (Å²) in [6, 6.07) is 12.6. The normalized spacial score (nSPS) is 15.4. The lowest BCUT2D eigenvalue weighted by Crippen LogP contribution is -2.28. The van der Waals surface area contributed by atoms with Crippen LogP contribution >= 0.6 is 0 Å². The van der Waals surface area contributed by atoms with Gasteiger partial charge in [-0.1, -0.05) is 18.2 Å². The molecular formula is C22H26FN3O3S. The van der Waals surface area contributed by atoms with E-state index in [1.54, 1.807) is 49.7 Å². The summed E-state index contributed by atoms with van der Waals surface area (Å²) in [5.41, 5.74) is 1.27. The van der Waals surface area contributed by atoms with Gasteiger partial charge in [-0.15, -0.1) is 0 Å². The second-order valence-corrected chi connectivity index (χ2v) is 8.67. The van der Waals surface area contributed by atoms with Gasteiger partial charge in [0.25, 0.3) is 10.0 Å². The standard InChI is InChI=1S/C22H26FN3O3S/c1-24-11-6-12-29-18-7-5-8-19(14-18)30(27,28)26-16-17(15-25-2)13-22(26)20-9-3-4-10-21(20)23/h3-5,7-10,13-15,24-25H,6,11-12,16H2,1-2H3. The van der Waals surface area contributed by atoms with Crippen LogP contribution in [-0.4, -0.2) is 46.5 Å². The van der Waals surface area contributed by atoms with E-state index < -0.39 is 15.8 Å². The maximum Gasteiger partial charge on any atom is 0.264 e. The van der Waals surface area contributed by atoms with E-state index in [0.29, 0.717) is 18.1 Å². The highest BCUT2D eigenvalue weighted by Gasteiger charge is 2.33. The molecule has 0 bridgehead atoms. The van der Waals surface area contributed by atoms with Gasteiger partial charge in [-0.05, 0) is 55.9 Å². The van der Waals surface area contributed by atoms with Crippen LogP contribution in [0.3, 0.4) is 0 Å². The summed E-state index contributed by atoms with van der Waals surface area (Å²) in [4.78, 5) is 0.0987. The van der Waals surface area contributed by atoms with Gasteiger partial charge < -0.3 is 15.4 Å². The number of sulfonamides is 1. The van der Waals surface area contributed by atoms with Crippen molar-refractivity contribution in [2.24, 2.45) is 0 Å². The van der Waals surface area contributed by atoms with Gasteiger partial charge >= 0.3 is 0 Å². The minimum Gasteiger partial charge on any atom is -0.494 e.